The van der Waals surface area contributed by atoms with Crippen molar-refractivity contribution in [1.82, 2.24) is 0 Å². The first-order valence-corrected chi connectivity index (χ1v) is 15.7. The van der Waals surface area contributed by atoms with Crippen molar-refractivity contribution >= 4 is 0 Å². The van der Waals surface area contributed by atoms with Gasteiger partial charge in [0, 0.05) is 26.4 Å². The molecule has 0 aromatic carbocycles. The molecule has 8 nitrogen and oxygen atoms in total. The number of rotatable bonds is 24. The van der Waals surface area contributed by atoms with E-state index in [9.17, 15) is 0 Å². The van der Waals surface area contributed by atoms with Gasteiger partial charge < -0.3 is 40.9 Å². The Labute approximate surface area is 268 Å². The summed E-state index contributed by atoms with van der Waals surface area (Å²) in [6.45, 7) is 14.3. The predicted octanol–water partition coefficient (Wildman–Crippen LogP) is 6.84. The Kier molecular flexibility index (Phi) is 58.9. The summed E-state index contributed by atoms with van der Waals surface area (Å²) in [7, 11) is 0. The quantitative estimate of drug-likeness (QED) is 0.0328. The van der Waals surface area contributed by atoms with Crippen LogP contribution in [-0.4, -0.2) is 67.3 Å². The van der Waals surface area contributed by atoms with Crippen LogP contribution in [0.15, 0.2) is 0 Å². The van der Waals surface area contributed by atoms with Crippen molar-refractivity contribution in [3.63, 3.8) is 0 Å². The second-order valence-electron chi connectivity index (χ2n) is 10.1. The Bertz CT molecular complexity index is 320. The molecule has 41 heavy (non-hydrogen) atoms. The Morgan fingerprint density at radius 2 is 0.537 bits per heavy atom. The summed E-state index contributed by atoms with van der Waals surface area (Å²) in [5, 5.41) is 68.4. The topological polar surface area (TPSA) is 162 Å². The molecule has 0 saturated carbocycles. The smallest absolute Gasteiger partial charge is 0.566 e. The maximum atomic E-state index is 8.64. The number of aliphatic hydroxyl groups excluding tert-OH is 8. The van der Waals surface area contributed by atoms with E-state index in [1.165, 1.54) is 26.4 Å². The fourth-order valence-corrected chi connectivity index (χ4v) is 3.61. The molecule has 0 aliphatic carbocycles. The normalized spacial score (nSPS) is 13.2. The number of hydrogen-bond acceptors (Lipinski definition) is 8. The van der Waals surface area contributed by atoms with Crippen LogP contribution in [-0.2, 0) is 21.7 Å². The van der Waals surface area contributed by atoms with Gasteiger partial charge in [0.15, 0.2) is 0 Å². The summed E-state index contributed by atoms with van der Waals surface area (Å²) in [5.74, 6) is 1.30. The van der Waals surface area contributed by atoms with Gasteiger partial charge in [-0.15, -0.1) is 23.7 Å². The SMILES string of the molecule is CCC([CH-]O)CCCCO.CCC([CH-]O)CCCCO.CCC([CH-]O)CCCCO.CCC([CH-]O)CCCCO.[Ti+4]. The van der Waals surface area contributed by atoms with Crippen molar-refractivity contribution in [2.45, 2.75) is 130 Å². The van der Waals surface area contributed by atoms with Crippen LogP contribution in [0.5, 0.6) is 0 Å². The van der Waals surface area contributed by atoms with Crippen molar-refractivity contribution < 1.29 is 62.6 Å². The number of unbranched alkanes of at least 4 members (excludes halogenated alkanes) is 4. The van der Waals surface area contributed by atoms with E-state index < -0.39 is 0 Å². The molecule has 0 aliphatic rings. The first-order valence-electron chi connectivity index (χ1n) is 15.7. The standard InChI is InChI=1S/4C8H17O2.Ti/c4*1-2-8(7-10)5-3-4-6-9;/h4*7-10H,2-6H2,1H3;/q4*-1;+4. The maximum absolute atomic E-state index is 8.64. The molecule has 9 heteroatoms. The zero-order chi connectivity index (χ0) is 31.3. The summed E-state index contributed by atoms with van der Waals surface area (Å²) in [4.78, 5) is 0. The van der Waals surface area contributed by atoms with E-state index in [4.69, 9.17) is 40.9 Å². The second kappa shape index (κ2) is 47.3. The minimum absolute atomic E-state index is 0. The van der Waals surface area contributed by atoms with Gasteiger partial charge in [0.2, 0.25) is 0 Å². The van der Waals surface area contributed by atoms with Gasteiger partial charge in [0.25, 0.3) is 0 Å². The second-order valence-corrected chi connectivity index (χ2v) is 10.1. The molecule has 0 radical (unpaired) electrons. The van der Waals surface area contributed by atoms with Crippen molar-refractivity contribution in [3.05, 3.63) is 26.4 Å². The van der Waals surface area contributed by atoms with Gasteiger partial charge in [0.05, 0.1) is 0 Å². The van der Waals surface area contributed by atoms with E-state index in [1.807, 2.05) is 0 Å². The van der Waals surface area contributed by atoms with Gasteiger partial charge >= 0.3 is 21.7 Å². The number of hydrogen-bond donors (Lipinski definition) is 8. The summed E-state index contributed by atoms with van der Waals surface area (Å²) in [5.41, 5.74) is 0. The van der Waals surface area contributed by atoms with E-state index in [1.54, 1.807) is 0 Å². The Morgan fingerprint density at radius 3 is 0.634 bits per heavy atom. The first-order chi connectivity index (χ1) is 19.4. The minimum atomic E-state index is 0. The third-order valence-electron chi connectivity index (χ3n) is 6.87. The fraction of sp³-hybridized carbons (Fsp3) is 0.875. The molecular weight excluding hydrogens is 560 g/mol. The van der Waals surface area contributed by atoms with Crippen LogP contribution in [0.1, 0.15) is 130 Å². The van der Waals surface area contributed by atoms with Crippen LogP contribution < -0.4 is 0 Å². The molecule has 0 aliphatic heterocycles. The van der Waals surface area contributed by atoms with Gasteiger partial charge in [-0.05, 0) is 25.7 Å². The Morgan fingerprint density at radius 1 is 0.366 bits per heavy atom. The van der Waals surface area contributed by atoms with E-state index >= 15 is 0 Å². The van der Waals surface area contributed by atoms with Crippen molar-refractivity contribution in [2.24, 2.45) is 23.7 Å². The molecule has 0 aromatic heterocycles. The minimum Gasteiger partial charge on any atom is -0.566 e. The molecule has 4 unspecified atom stereocenters. The van der Waals surface area contributed by atoms with Crippen LogP contribution in [0, 0.1) is 50.1 Å². The van der Waals surface area contributed by atoms with Gasteiger partial charge in [-0.3, -0.25) is 0 Å². The van der Waals surface area contributed by atoms with E-state index in [-0.39, 0.29) is 48.1 Å². The molecule has 0 fully saturated rings. The maximum Gasteiger partial charge on any atom is 4.00 e. The molecule has 8 N–H and O–H groups in total. The molecular formula is C32H68O8Ti. The van der Waals surface area contributed by atoms with Crippen molar-refractivity contribution in [3.8, 4) is 0 Å². The molecule has 0 saturated heterocycles. The molecule has 0 bridgehead atoms. The van der Waals surface area contributed by atoms with E-state index in [0.29, 0.717) is 23.7 Å². The van der Waals surface area contributed by atoms with Crippen LogP contribution in [0.4, 0.5) is 0 Å². The molecule has 248 valence electrons. The summed E-state index contributed by atoms with van der Waals surface area (Å²) >= 11 is 0. The van der Waals surface area contributed by atoms with Crippen LogP contribution in [0.3, 0.4) is 0 Å². The van der Waals surface area contributed by atoms with Gasteiger partial charge in [-0.25, -0.2) is 26.4 Å². The average molecular weight is 629 g/mol. The van der Waals surface area contributed by atoms with Crippen LogP contribution in [0.25, 0.3) is 0 Å². The van der Waals surface area contributed by atoms with E-state index in [0.717, 1.165) is 103 Å². The van der Waals surface area contributed by atoms with Crippen molar-refractivity contribution in [1.29, 1.82) is 0 Å². The molecule has 0 rings (SSSR count). The third kappa shape index (κ3) is 45.0. The van der Waals surface area contributed by atoms with Crippen LogP contribution in [0.2, 0.25) is 0 Å². The molecule has 0 amide bonds. The third-order valence-corrected chi connectivity index (χ3v) is 6.87. The van der Waals surface area contributed by atoms with Gasteiger partial charge in [0.1, 0.15) is 0 Å². The average Bonchev–Trinajstić information content (AvgIpc) is 2.99. The molecule has 0 heterocycles. The molecule has 4 atom stereocenters. The van der Waals surface area contributed by atoms with Crippen molar-refractivity contribution in [2.75, 3.05) is 26.4 Å². The van der Waals surface area contributed by atoms with Crippen LogP contribution >= 0.6 is 0 Å². The largest absolute Gasteiger partial charge is 4.00 e. The first kappa shape index (κ1) is 51.0. The monoisotopic (exact) mass is 628 g/mol. The zero-order valence-corrected chi connectivity index (χ0v) is 28.4. The van der Waals surface area contributed by atoms with E-state index in [2.05, 4.69) is 27.7 Å². The molecule has 0 aromatic rings. The summed E-state index contributed by atoms with van der Waals surface area (Å²) in [6, 6.07) is 0. The fourth-order valence-electron chi connectivity index (χ4n) is 3.61. The van der Waals surface area contributed by atoms with Gasteiger partial charge in [-0.1, -0.05) is 105 Å². The zero-order valence-electron chi connectivity index (χ0n) is 26.8. The Hall–Kier alpha value is 0.394. The number of aliphatic hydroxyl groups is 8. The Balaban J connectivity index is -0.000000139. The molecule has 0 spiro atoms. The van der Waals surface area contributed by atoms with Gasteiger partial charge in [-0.2, -0.15) is 0 Å². The predicted molar refractivity (Wildman–Crippen MR) is 164 cm³/mol. The summed E-state index contributed by atoms with van der Waals surface area (Å²) < 4.78 is 0. The summed E-state index contributed by atoms with van der Waals surface area (Å²) in [6.07, 6.45) is 15.4.